The molecule has 0 saturated carbocycles. The van der Waals surface area contributed by atoms with Gasteiger partial charge in [0.25, 0.3) is 0 Å². The van der Waals surface area contributed by atoms with Gasteiger partial charge in [0.1, 0.15) is 17.7 Å². The SMILES string of the molecule is CCCCCCN(C(=O)C(CS)NC(=O)OC(C)(C)C)C(C(=O)NCCCC)c1ccc(C)c(C)c1. The van der Waals surface area contributed by atoms with Crippen molar-refractivity contribution in [2.24, 2.45) is 0 Å². The molecule has 2 atom stereocenters. The predicted octanol–water partition coefficient (Wildman–Crippen LogP) is 5.49. The number of aryl methyl sites for hydroxylation is 2. The zero-order valence-corrected chi connectivity index (χ0v) is 24.2. The third kappa shape index (κ3) is 10.8. The van der Waals surface area contributed by atoms with Crippen LogP contribution in [0.25, 0.3) is 0 Å². The number of ether oxygens (including phenoxy) is 1. The van der Waals surface area contributed by atoms with Crippen LogP contribution in [0.3, 0.4) is 0 Å². The molecule has 1 rings (SSSR count). The first-order valence-corrected chi connectivity index (χ1v) is 13.8. The first kappa shape index (κ1) is 31.8. The number of thiol groups is 1. The molecule has 0 heterocycles. The highest BCUT2D eigenvalue weighted by Crippen LogP contribution is 2.26. The van der Waals surface area contributed by atoms with Crippen LogP contribution >= 0.6 is 12.6 Å². The quantitative estimate of drug-likeness (QED) is 0.223. The summed E-state index contributed by atoms with van der Waals surface area (Å²) in [5.41, 5.74) is 2.22. The van der Waals surface area contributed by atoms with Crippen LogP contribution in [0.1, 0.15) is 95.9 Å². The van der Waals surface area contributed by atoms with Gasteiger partial charge in [0.2, 0.25) is 11.8 Å². The molecule has 1 aromatic carbocycles. The van der Waals surface area contributed by atoms with E-state index in [0.717, 1.165) is 55.2 Å². The van der Waals surface area contributed by atoms with Crippen LogP contribution in [-0.2, 0) is 14.3 Å². The van der Waals surface area contributed by atoms with Gasteiger partial charge in [-0.1, -0.05) is 57.7 Å². The Balaban J connectivity index is 3.38. The second kappa shape index (κ2) is 15.8. The third-order valence-corrected chi connectivity index (χ3v) is 6.31. The minimum atomic E-state index is -0.924. The Morgan fingerprint density at radius 2 is 1.67 bits per heavy atom. The standard InChI is InChI=1S/C28H47N3O4S/c1-8-10-12-13-17-31(26(33)23(19-36)30-27(34)35-28(5,6)7)24(25(32)29-16-11-9-2)22-15-14-20(3)21(4)18-22/h14-15,18,23-24,36H,8-13,16-17,19H2,1-7H3,(H,29,32)(H,30,34). The lowest BCUT2D eigenvalue weighted by Crippen LogP contribution is -2.54. The van der Waals surface area contributed by atoms with Gasteiger partial charge in [0, 0.05) is 18.8 Å². The van der Waals surface area contributed by atoms with E-state index in [0.29, 0.717) is 13.1 Å². The first-order valence-electron chi connectivity index (χ1n) is 13.2. The summed E-state index contributed by atoms with van der Waals surface area (Å²) in [6, 6.07) is 4.13. The summed E-state index contributed by atoms with van der Waals surface area (Å²) < 4.78 is 5.37. The number of carbonyl (C=O) groups is 3. The zero-order chi connectivity index (χ0) is 27.3. The minimum Gasteiger partial charge on any atom is -0.444 e. The van der Waals surface area contributed by atoms with E-state index in [2.05, 4.69) is 37.1 Å². The smallest absolute Gasteiger partial charge is 0.408 e. The molecule has 0 aliphatic rings. The summed E-state index contributed by atoms with van der Waals surface area (Å²) in [5, 5.41) is 5.68. The van der Waals surface area contributed by atoms with Crippen molar-refractivity contribution in [1.82, 2.24) is 15.5 Å². The van der Waals surface area contributed by atoms with Gasteiger partial charge in [-0.15, -0.1) is 0 Å². The molecule has 0 fully saturated rings. The van der Waals surface area contributed by atoms with E-state index in [1.165, 1.54) is 0 Å². The van der Waals surface area contributed by atoms with Gasteiger partial charge in [-0.2, -0.15) is 12.6 Å². The molecule has 3 amide bonds. The van der Waals surface area contributed by atoms with Gasteiger partial charge in [-0.05, 0) is 64.2 Å². The molecule has 0 spiro atoms. The van der Waals surface area contributed by atoms with E-state index in [1.807, 2.05) is 32.0 Å². The highest BCUT2D eigenvalue weighted by atomic mass is 32.1. The number of unbranched alkanes of at least 4 members (excludes halogenated alkanes) is 4. The lowest BCUT2D eigenvalue weighted by molar-refractivity contribution is -0.142. The molecule has 0 aliphatic carbocycles. The Bertz CT molecular complexity index is 854. The molecule has 2 unspecified atom stereocenters. The van der Waals surface area contributed by atoms with Crippen molar-refractivity contribution < 1.29 is 19.1 Å². The number of amides is 3. The van der Waals surface area contributed by atoms with E-state index >= 15 is 0 Å². The van der Waals surface area contributed by atoms with Crippen molar-refractivity contribution in [2.75, 3.05) is 18.8 Å². The Morgan fingerprint density at radius 3 is 2.22 bits per heavy atom. The van der Waals surface area contributed by atoms with Crippen LogP contribution in [-0.4, -0.2) is 53.3 Å². The molecule has 2 N–H and O–H groups in total. The van der Waals surface area contributed by atoms with Gasteiger partial charge in [-0.3, -0.25) is 9.59 Å². The number of benzene rings is 1. The van der Waals surface area contributed by atoms with Crippen LogP contribution in [0.5, 0.6) is 0 Å². The van der Waals surface area contributed by atoms with Gasteiger partial charge in [0.05, 0.1) is 0 Å². The summed E-state index contributed by atoms with van der Waals surface area (Å²) >= 11 is 4.35. The molecule has 0 aliphatic heterocycles. The maximum atomic E-state index is 13.9. The van der Waals surface area contributed by atoms with Crippen molar-refractivity contribution in [3.63, 3.8) is 0 Å². The molecular formula is C28H47N3O4S. The number of rotatable bonds is 14. The van der Waals surface area contributed by atoms with E-state index in [-0.39, 0.29) is 17.6 Å². The fourth-order valence-corrected chi connectivity index (χ4v) is 4.05. The number of alkyl carbamates (subject to hydrolysis) is 1. The maximum Gasteiger partial charge on any atom is 0.408 e. The van der Waals surface area contributed by atoms with Gasteiger partial charge in [-0.25, -0.2) is 4.79 Å². The fourth-order valence-electron chi connectivity index (χ4n) is 3.80. The molecule has 0 radical (unpaired) electrons. The van der Waals surface area contributed by atoms with Gasteiger partial charge in [0.15, 0.2) is 0 Å². The van der Waals surface area contributed by atoms with E-state index < -0.39 is 23.8 Å². The normalized spacial score (nSPS) is 13.0. The van der Waals surface area contributed by atoms with Crippen molar-refractivity contribution in [3.05, 3.63) is 34.9 Å². The highest BCUT2D eigenvalue weighted by Gasteiger charge is 2.35. The van der Waals surface area contributed by atoms with Crippen LogP contribution < -0.4 is 10.6 Å². The fraction of sp³-hybridized carbons (Fsp3) is 0.679. The topological polar surface area (TPSA) is 87.7 Å². The second-order valence-corrected chi connectivity index (χ2v) is 10.7. The Morgan fingerprint density at radius 1 is 1.00 bits per heavy atom. The van der Waals surface area contributed by atoms with Crippen LogP contribution in [0.4, 0.5) is 4.79 Å². The molecule has 36 heavy (non-hydrogen) atoms. The molecule has 8 heteroatoms. The summed E-state index contributed by atoms with van der Waals surface area (Å²) in [4.78, 5) is 41.5. The van der Waals surface area contributed by atoms with Crippen molar-refractivity contribution in [2.45, 2.75) is 105 Å². The van der Waals surface area contributed by atoms with Crippen molar-refractivity contribution in [3.8, 4) is 0 Å². The van der Waals surface area contributed by atoms with Gasteiger partial charge < -0.3 is 20.3 Å². The number of hydrogen-bond donors (Lipinski definition) is 3. The number of carbonyl (C=O) groups excluding carboxylic acids is 3. The minimum absolute atomic E-state index is 0.0840. The van der Waals surface area contributed by atoms with E-state index in [9.17, 15) is 14.4 Å². The van der Waals surface area contributed by atoms with E-state index in [4.69, 9.17) is 4.74 Å². The molecule has 1 aromatic rings. The average Bonchev–Trinajstić information content (AvgIpc) is 2.80. The maximum absolute atomic E-state index is 13.9. The number of nitrogens with one attached hydrogen (secondary N) is 2. The van der Waals surface area contributed by atoms with Gasteiger partial charge >= 0.3 is 6.09 Å². The Hall–Kier alpha value is -2.22. The van der Waals surface area contributed by atoms with Crippen LogP contribution in [0, 0.1) is 13.8 Å². The number of nitrogens with zero attached hydrogens (tertiary/aromatic N) is 1. The third-order valence-electron chi connectivity index (χ3n) is 5.94. The van der Waals surface area contributed by atoms with Crippen LogP contribution in [0.15, 0.2) is 18.2 Å². The summed E-state index contributed by atoms with van der Waals surface area (Å²) in [5.74, 6) is -0.479. The molecule has 0 saturated heterocycles. The first-order chi connectivity index (χ1) is 16.9. The molecule has 204 valence electrons. The summed E-state index contributed by atoms with van der Waals surface area (Å²) in [6.45, 7) is 14.4. The van der Waals surface area contributed by atoms with Crippen LogP contribution in [0.2, 0.25) is 0 Å². The summed E-state index contributed by atoms with van der Waals surface area (Å²) in [6.07, 6.45) is 4.94. The van der Waals surface area contributed by atoms with Crippen molar-refractivity contribution in [1.29, 1.82) is 0 Å². The molecular weight excluding hydrogens is 474 g/mol. The Labute approximate surface area is 223 Å². The van der Waals surface area contributed by atoms with E-state index in [1.54, 1.807) is 25.7 Å². The van der Waals surface area contributed by atoms with Crippen molar-refractivity contribution >= 4 is 30.5 Å². The molecule has 0 aromatic heterocycles. The average molecular weight is 522 g/mol. The second-order valence-electron chi connectivity index (χ2n) is 10.4. The zero-order valence-electron chi connectivity index (χ0n) is 23.3. The molecule has 7 nitrogen and oxygen atoms in total. The lowest BCUT2D eigenvalue weighted by atomic mass is 9.98. The summed E-state index contributed by atoms with van der Waals surface area (Å²) in [7, 11) is 0. The Kier molecular flexibility index (Phi) is 14.0. The molecule has 0 bridgehead atoms. The highest BCUT2D eigenvalue weighted by molar-refractivity contribution is 7.80. The predicted molar refractivity (Wildman–Crippen MR) is 149 cm³/mol. The lowest BCUT2D eigenvalue weighted by Gasteiger charge is -2.34. The number of hydrogen-bond acceptors (Lipinski definition) is 5. The largest absolute Gasteiger partial charge is 0.444 e. The monoisotopic (exact) mass is 521 g/mol.